The van der Waals surface area contributed by atoms with Crippen molar-refractivity contribution in [2.24, 2.45) is 0 Å². The summed E-state index contributed by atoms with van der Waals surface area (Å²) >= 11 is 0. The summed E-state index contributed by atoms with van der Waals surface area (Å²) in [6.45, 7) is 2.61. The van der Waals surface area contributed by atoms with Crippen LogP contribution in [0.1, 0.15) is 13.3 Å². The van der Waals surface area contributed by atoms with Gasteiger partial charge < -0.3 is 15.0 Å². The molecule has 0 unspecified atom stereocenters. The molecule has 5 nitrogen and oxygen atoms in total. The van der Waals surface area contributed by atoms with Crippen LogP contribution in [-0.2, 0) is 14.3 Å². The SMILES string of the molecule is CN[C@H]1CCN(C(=O)COC(C)=O)C1. The van der Waals surface area contributed by atoms with Crippen molar-refractivity contribution >= 4 is 11.9 Å². The molecule has 1 saturated heterocycles. The van der Waals surface area contributed by atoms with Crippen molar-refractivity contribution in [2.75, 3.05) is 26.7 Å². The second kappa shape index (κ2) is 4.95. The lowest BCUT2D eigenvalue weighted by atomic mass is 10.3. The first-order chi connectivity index (χ1) is 6.63. The Bertz CT molecular complexity index is 230. The topological polar surface area (TPSA) is 58.6 Å². The second-order valence-electron chi connectivity index (χ2n) is 3.39. The van der Waals surface area contributed by atoms with Gasteiger partial charge in [-0.25, -0.2) is 0 Å². The number of likely N-dealkylation sites (tertiary alicyclic amines) is 1. The van der Waals surface area contributed by atoms with E-state index in [9.17, 15) is 9.59 Å². The van der Waals surface area contributed by atoms with E-state index in [-0.39, 0.29) is 12.5 Å². The first kappa shape index (κ1) is 11.0. The van der Waals surface area contributed by atoms with Crippen molar-refractivity contribution in [1.82, 2.24) is 10.2 Å². The summed E-state index contributed by atoms with van der Waals surface area (Å²) in [7, 11) is 1.88. The van der Waals surface area contributed by atoms with E-state index in [2.05, 4.69) is 10.1 Å². The fourth-order valence-corrected chi connectivity index (χ4v) is 1.48. The minimum absolute atomic E-state index is 0.113. The highest BCUT2D eigenvalue weighted by atomic mass is 16.5. The molecule has 0 bridgehead atoms. The molecule has 0 saturated carbocycles. The van der Waals surface area contributed by atoms with E-state index in [4.69, 9.17) is 0 Å². The maximum atomic E-state index is 11.4. The Labute approximate surface area is 83.4 Å². The monoisotopic (exact) mass is 200 g/mol. The average molecular weight is 200 g/mol. The summed E-state index contributed by atoms with van der Waals surface area (Å²) in [6, 6.07) is 0.372. The minimum atomic E-state index is -0.414. The van der Waals surface area contributed by atoms with Gasteiger partial charge in [0.05, 0.1) is 0 Å². The van der Waals surface area contributed by atoms with Gasteiger partial charge >= 0.3 is 5.97 Å². The van der Waals surface area contributed by atoms with Crippen LogP contribution in [0.2, 0.25) is 0 Å². The number of carbonyl (C=O) groups is 2. The van der Waals surface area contributed by atoms with Crippen molar-refractivity contribution in [1.29, 1.82) is 0 Å². The average Bonchev–Trinajstić information content (AvgIpc) is 2.62. The molecule has 1 aliphatic rings. The lowest BCUT2D eigenvalue weighted by molar-refractivity contribution is -0.149. The second-order valence-corrected chi connectivity index (χ2v) is 3.39. The number of likely N-dealkylation sites (N-methyl/N-ethyl adjacent to an activating group) is 1. The highest BCUT2D eigenvalue weighted by Crippen LogP contribution is 2.08. The Morgan fingerprint density at radius 2 is 2.29 bits per heavy atom. The van der Waals surface area contributed by atoms with Gasteiger partial charge in [-0.2, -0.15) is 0 Å². The van der Waals surface area contributed by atoms with Crippen molar-refractivity contribution in [3.8, 4) is 0 Å². The smallest absolute Gasteiger partial charge is 0.303 e. The van der Waals surface area contributed by atoms with Crippen LogP contribution in [0.4, 0.5) is 0 Å². The zero-order valence-electron chi connectivity index (χ0n) is 8.58. The number of ether oxygens (including phenoxy) is 1. The fourth-order valence-electron chi connectivity index (χ4n) is 1.48. The van der Waals surface area contributed by atoms with Crippen LogP contribution in [0, 0.1) is 0 Å². The van der Waals surface area contributed by atoms with Gasteiger partial charge in [0.2, 0.25) is 0 Å². The molecule has 0 aliphatic carbocycles. The standard InChI is InChI=1S/C9H16N2O3/c1-7(12)14-6-9(13)11-4-3-8(5-11)10-2/h8,10H,3-6H2,1-2H3/t8-/m0/s1. The molecule has 0 aromatic rings. The summed E-state index contributed by atoms with van der Waals surface area (Å²) in [5, 5.41) is 3.11. The predicted octanol–water partition coefficient (Wildman–Crippen LogP) is -0.630. The summed E-state index contributed by atoms with van der Waals surface area (Å²) < 4.78 is 4.63. The summed E-state index contributed by atoms with van der Waals surface area (Å²) in [5.41, 5.74) is 0. The van der Waals surface area contributed by atoms with Gasteiger partial charge in [0.15, 0.2) is 6.61 Å². The molecule has 1 heterocycles. The van der Waals surface area contributed by atoms with Crippen LogP contribution >= 0.6 is 0 Å². The molecule has 0 aromatic carbocycles. The van der Waals surface area contributed by atoms with Crippen LogP contribution in [0.15, 0.2) is 0 Å². The predicted molar refractivity (Wildman–Crippen MR) is 50.7 cm³/mol. The molecule has 1 aliphatic heterocycles. The number of rotatable bonds is 3. The number of hydrogen-bond donors (Lipinski definition) is 1. The maximum absolute atomic E-state index is 11.4. The summed E-state index contributed by atoms with van der Waals surface area (Å²) in [5.74, 6) is -0.527. The highest BCUT2D eigenvalue weighted by Gasteiger charge is 2.25. The van der Waals surface area contributed by atoms with Crippen LogP contribution in [0.5, 0.6) is 0 Å². The molecule has 0 spiro atoms. The summed E-state index contributed by atoms with van der Waals surface area (Å²) in [6.07, 6.45) is 0.961. The number of nitrogens with zero attached hydrogens (tertiary/aromatic N) is 1. The lowest BCUT2D eigenvalue weighted by Gasteiger charge is -2.15. The Kier molecular flexibility index (Phi) is 3.88. The van der Waals surface area contributed by atoms with Crippen LogP contribution in [-0.4, -0.2) is 49.6 Å². The van der Waals surface area contributed by atoms with Gasteiger partial charge in [-0.05, 0) is 13.5 Å². The number of esters is 1. The fraction of sp³-hybridized carbons (Fsp3) is 0.778. The number of hydrogen-bond acceptors (Lipinski definition) is 4. The first-order valence-electron chi connectivity index (χ1n) is 4.72. The summed E-state index contributed by atoms with van der Waals surface area (Å²) in [4.78, 5) is 23.6. The third-order valence-electron chi connectivity index (χ3n) is 2.35. The quantitative estimate of drug-likeness (QED) is 0.616. The Morgan fingerprint density at radius 3 is 2.79 bits per heavy atom. The van der Waals surface area contributed by atoms with Crippen molar-refractivity contribution < 1.29 is 14.3 Å². The number of nitrogens with one attached hydrogen (secondary N) is 1. The Morgan fingerprint density at radius 1 is 1.57 bits per heavy atom. The molecule has 0 radical (unpaired) electrons. The first-order valence-corrected chi connectivity index (χ1v) is 4.72. The van der Waals surface area contributed by atoms with Crippen LogP contribution in [0.25, 0.3) is 0 Å². The van der Waals surface area contributed by atoms with Crippen LogP contribution < -0.4 is 5.32 Å². The highest BCUT2D eigenvalue weighted by molar-refractivity contribution is 5.80. The van der Waals surface area contributed by atoms with Crippen molar-refractivity contribution in [2.45, 2.75) is 19.4 Å². The van der Waals surface area contributed by atoms with Gasteiger partial charge in [-0.15, -0.1) is 0 Å². The molecule has 1 rings (SSSR count). The molecule has 0 aromatic heterocycles. The van der Waals surface area contributed by atoms with Gasteiger partial charge in [0, 0.05) is 26.1 Å². The zero-order chi connectivity index (χ0) is 10.6. The Balaban J connectivity index is 2.28. The molecular formula is C9H16N2O3. The molecule has 14 heavy (non-hydrogen) atoms. The van der Waals surface area contributed by atoms with E-state index >= 15 is 0 Å². The van der Waals surface area contributed by atoms with Crippen LogP contribution in [0.3, 0.4) is 0 Å². The van der Waals surface area contributed by atoms with E-state index in [1.807, 2.05) is 7.05 Å². The lowest BCUT2D eigenvalue weighted by Crippen LogP contribution is -2.35. The largest absolute Gasteiger partial charge is 0.456 e. The number of amides is 1. The zero-order valence-corrected chi connectivity index (χ0v) is 8.58. The maximum Gasteiger partial charge on any atom is 0.303 e. The van der Waals surface area contributed by atoms with E-state index < -0.39 is 5.97 Å². The van der Waals surface area contributed by atoms with Gasteiger partial charge in [-0.3, -0.25) is 9.59 Å². The molecular weight excluding hydrogens is 184 g/mol. The minimum Gasteiger partial charge on any atom is -0.456 e. The normalized spacial score (nSPS) is 21.0. The number of carbonyl (C=O) groups excluding carboxylic acids is 2. The molecule has 1 fully saturated rings. The molecule has 1 amide bonds. The third kappa shape index (κ3) is 2.99. The van der Waals surface area contributed by atoms with E-state index in [1.54, 1.807) is 4.90 Å². The van der Waals surface area contributed by atoms with E-state index in [0.29, 0.717) is 12.6 Å². The van der Waals surface area contributed by atoms with Crippen molar-refractivity contribution in [3.05, 3.63) is 0 Å². The van der Waals surface area contributed by atoms with Crippen molar-refractivity contribution in [3.63, 3.8) is 0 Å². The third-order valence-corrected chi connectivity index (χ3v) is 2.35. The van der Waals surface area contributed by atoms with Gasteiger partial charge in [0.1, 0.15) is 0 Å². The Hall–Kier alpha value is -1.10. The molecule has 1 atom stereocenters. The van der Waals surface area contributed by atoms with E-state index in [0.717, 1.165) is 13.0 Å². The molecule has 5 heteroatoms. The molecule has 80 valence electrons. The van der Waals surface area contributed by atoms with Gasteiger partial charge in [-0.1, -0.05) is 0 Å². The van der Waals surface area contributed by atoms with Gasteiger partial charge in [0.25, 0.3) is 5.91 Å². The molecule has 1 N–H and O–H groups in total. The van der Waals surface area contributed by atoms with E-state index in [1.165, 1.54) is 6.92 Å².